The molecule has 10 nitrogen and oxygen atoms in total. The van der Waals surface area contributed by atoms with Crippen LogP contribution in [0.15, 0.2) is 36.4 Å². The van der Waals surface area contributed by atoms with E-state index in [0.29, 0.717) is 41.2 Å². The molecule has 0 saturated carbocycles. The van der Waals surface area contributed by atoms with Crippen LogP contribution in [0.4, 0.5) is 11.5 Å². The van der Waals surface area contributed by atoms with E-state index in [1.165, 1.54) is 4.57 Å². The van der Waals surface area contributed by atoms with Crippen LogP contribution in [0, 0.1) is 4.77 Å². The van der Waals surface area contributed by atoms with Crippen LogP contribution < -0.4 is 25.0 Å². The maximum atomic E-state index is 13.1. The summed E-state index contributed by atoms with van der Waals surface area (Å²) in [5.74, 6) is 1.30. The third-order valence-corrected chi connectivity index (χ3v) is 7.68. The Morgan fingerprint density at radius 3 is 2.62 bits per heavy atom. The normalized spacial score (nSPS) is 17.2. The predicted octanol–water partition coefficient (Wildman–Crippen LogP) is 3.59. The average Bonchev–Trinajstić information content (AvgIpc) is 3.28. The Morgan fingerprint density at radius 1 is 1.15 bits per heavy atom. The SMILES string of the molecule is COc1cc2nc(=S)n3c(c2cc1OC)N[C@H](CCC(=O)NCCN1CCN(c2cccc(Cl)c2)CC1)C3=O. The molecule has 0 bridgehead atoms. The van der Waals surface area contributed by atoms with E-state index in [1.54, 1.807) is 26.4 Å². The number of halogens is 1. The number of nitrogens with one attached hydrogen (secondary N) is 2. The van der Waals surface area contributed by atoms with Crippen molar-refractivity contribution in [2.24, 2.45) is 0 Å². The quantitative estimate of drug-likeness (QED) is 0.374. The fraction of sp³-hybridized carbons (Fsp3) is 0.407. The van der Waals surface area contributed by atoms with Gasteiger partial charge in [0.05, 0.1) is 19.7 Å². The molecule has 1 aromatic heterocycles. The smallest absolute Gasteiger partial charge is 0.257 e. The molecule has 2 aliphatic rings. The highest BCUT2D eigenvalue weighted by Gasteiger charge is 2.32. The van der Waals surface area contributed by atoms with Gasteiger partial charge in [-0.05, 0) is 42.9 Å². The Labute approximate surface area is 236 Å². The molecule has 5 rings (SSSR count). The van der Waals surface area contributed by atoms with Gasteiger partial charge in [0, 0.05) is 67.9 Å². The predicted molar refractivity (Wildman–Crippen MR) is 154 cm³/mol. The number of ether oxygens (including phenoxy) is 2. The van der Waals surface area contributed by atoms with E-state index in [4.69, 9.17) is 33.3 Å². The maximum absolute atomic E-state index is 13.1. The molecule has 206 valence electrons. The molecule has 2 N–H and O–H groups in total. The Kier molecular flexibility index (Phi) is 8.20. The minimum atomic E-state index is -0.572. The summed E-state index contributed by atoms with van der Waals surface area (Å²) in [6, 6.07) is 10.8. The molecular formula is C27H31ClN6O4S. The van der Waals surface area contributed by atoms with Crippen molar-refractivity contribution in [1.29, 1.82) is 0 Å². The van der Waals surface area contributed by atoms with Crippen molar-refractivity contribution in [1.82, 2.24) is 19.8 Å². The first-order chi connectivity index (χ1) is 18.9. The lowest BCUT2D eigenvalue weighted by molar-refractivity contribution is -0.121. The first-order valence-electron chi connectivity index (χ1n) is 12.9. The molecule has 0 radical (unpaired) electrons. The zero-order chi connectivity index (χ0) is 27.5. The topological polar surface area (TPSA) is 101 Å². The van der Waals surface area contributed by atoms with Crippen LogP contribution in [0.1, 0.15) is 17.6 Å². The van der Waals surface area contributed by atoms with Gasteiger partial charge in [0.2, 0.25) is 10.7 Å². The highest BCUT2D eigenvalue weighted by Crippen LogP contribution is 2.37. The van der Waals surface area contributed by atoms with Crippen LogP contribution in [0.25, 0.3) is 10.9 Å². The summed E-state index contributed by atoms with van der Waals surface area (Å²) in [7, 11) is 3.10. The number of hydrogen-bond acceptors (Lipinski definition) is 9. The second kappa shape index (κ2) is 11.8. The molecule has 1 fully saturated rings. The lowest BCUT2D eigenvalue weighted by Gasteiger charge is -2.36. The van der Waals surface area contributed by atoms with Crippen LogP contribution >= 0.6 is 23.8 Å². The largest absolute Gasteiger partial charge is 0.493 e. The summed E-state index contributed by atoms with van der Waals surface area (Å²) in [5, 5.41) is 7.67. The zero-order valence-electron chi connectivity index (χ0n) is 21.9. The first kappa shape index (κ1) is 27.2. The van der Waals surface area contributed by atoms with Gasteiger partial charge in [-0.3, -0.25) is 14.5 Å². The molecule has 2 aliphatic heterocycles. The van der Waals surface area contributed by atoms with Crippen LogP contribution in [0.2, 0.25) is 5.02 Å². The van der Waals surface area contributed by atoms with Crippen LogP contribution in [0.3, 0.4) is 0 Å². The monoisotopic (exact) mass is 570 g/mol. The van der Waals surface area contributed by atoms with Crippen LogP contribution in [-0.2, 0) is 4.79 Å². The van der Waals surface area contributed by atoms with Gasteiger partial charge in [-0.2, -0.15) is 0 Å². The number of benzene rings is 2. The van der Waals surface area contributed by atoms with E-state index < -0.39 is 6.04 Å². The fourth-order valence-electron chi connectivity index (χ4n) is 5.06. The van der Waals surface area contributed by atoms with Gasteiger partial charge in [0.1, 0.15) is 11.9 Å². The van der Waals surface area contributed by atoms with E-state index in [1.807, 2.05) is 18.2 Å². The Bertz CT molecular complexity index is 1460. The number of aromatic nitrogens is 2. The third-order valence-electron chi connectivity index (χ3n) is 7.17. The first-order valence-corrected chi connectivity index (χ1v) is 13.7. The lowest BCUT2D eigenvalue weighted by atomic mass is 10.1. The second-order valence-corrected chi connectivity index (χ2v) is 10.3. The van der Waals surface area contributed by atoms with E-state index in [9.17, 15) is 9.59 Å². The number of hydrogen-bond donors (Lipinski definition) is 2. The fourth-order valence-corrected chi connectivity index (χ4v) is 5.53. The van der Waals surface area contributed by atoms with Crippen molar-refractivity contribution in [3.63, 3.8) is 0 Å². The second-order valence-electron chi connectivity index (χ2n) is 9.54. The summed E-state index contributed by atoms with van der Waals surface area (Å²) in [4.78, 5) is 34.7. The van der Waals surface area contributed by atoms with Gasteiger partial charge in [-0.15, -0.1) is 0 Å². The summed E-state index contributed by atoms with van der Waals surface area (Å²) in [6.07, 6.45) is 0.560. The number of piperazine rings is 1. The van der Waals surface area contributed by atoms with Gasteiger partial charge in [0.15, 0.2) is 11.5 Å². The van der Waals surface area contributed by atoms with Gasteiger partial charge >= 0.3 is 0 Å². The van der Waals surface area contributed by atoms with E-state index >= 15 is 0 Å². The Morgan fingerprint density at radius 2 is 1.90 bits per heavy atom. The summed E-state index contributed by atoms with van der Waals surface area (Å²) >= 11 is 11.5. The highest BCUT2D eigenvalue weighted by atomic mass is 35.5. The molecule has 1 atom stereocenters. The van der Waals surface area contributed by atoms with Gasteiger partial charge in [-0.1, -0.05) is 17.7 Å². The molecule has 1 amide bonds. The van der Waals surface area contributed by atoms with Gasteiger partial charge in [0.25, 0.3) is 5.91 Å². The summed E-state index contributed by atoms with van der Waals surface area (Å²) < 4.78 is 12.3. The molecule has 1 saturated heterocycles. The van der Waals surface area contributed by atoms with Gasteiger partial charge < -0.3 is 25.0 Å². The van der Waals surface area contributed by atoms with Crippen LogP contribution in [-0.4, -0.2) is 85.8 Å². The summed E-state index contributed by atoms with van der Waals surface area (Å²) in [5.41, 5.74) is 1.73. The minimum Gasteiger partial charge on any atom is -0.493 e. The van der Waals surface area contributed by atoms with E-state index in [0.717, 1.165) is 43.4 Å². The number of anilines is 2. The van der Waals surface area contributed by atoms with Crippen molar-refractivity contribution in [2.45, 2.75) is 18.9 Å². The molecule has 3 aromatic rings. The van der Waals surface area contributed by atoms with Crippen molar-refractivity contribution >= 4 is 58.0 Å². The number of carbonyl (C=O) groups is 2. The van der Waals surface area contributed by atoms with Crippen LogP contribution in [0.5, 0.6) is 11.5 Å². The molecule has 0 spiro atoms. The lowest BCUT2D eigenvalue weighted by Crippen LogP contribution is -2.48. The highest BCUT2D eigenvalue weighted by molar-refractivity contribution is 7.71. The molecule has 12 heteroatoms. The van der Waals surface area contributed by atoms with Crippen molar-refractivity contribution in [3.8, 4) is 11.5 Å². The Balaban J connectivity index is 1.11. The number of nitrogens with zero attached hydrogens (tertiary/aromatic N) is 4. The number of methoxy groups -OCH3 is 2. The van der Waals surface area contributed by atoms with Crippen molar-refractivity contribution < 1.29 is 19.1 Å². The third kappa shape index (κ3) is 5.80. The molecule has 0 unspecified atom stereocenters. The number of fused-ring (bicyclic) bond motifs is 3. The standard InChI is InChI=1S/C27H31ClN6O4S/c1-37-22-15-19-21(16-23(22)38-2)31-27(39)34-25(19)30-20(26(34)36)6-7-24(35)29-8-9-32-10-12-33(13-11-32)18-5-3-4-17(28)14-18/h3-5,14-16,20,30H,6-13H2,1-2H3,(H,29,35)/t20-/m1/s1. The Hall–Kier alpha value is -3.41. The average molecular weight is 571 g/mol. The molecule has 0 aliphatic carbocycles. The molecule has 3 heterocycles. The molecule has 2 aromatic carbocycles. The number of rotatable bonds is 9. The van der Waals surface area contributed by atoms with Crippen molar-refractivity contribution in [2.75, 3.05) is 63.7 Å². The van der Waals surface area contributed by atoms with E-state index in [2.05, 4.69) is 31.5 Å². The number of amides is 1. The van der Waals surface area contributed by atoms with Gasteiger partial charge in [-0.25, -0.2) is 9.55 Å². The maximum Gasteiger partial charge on any atom is 0.257 e. The minimum absolute atomic E-state index is 0.0869. The molecule has 39 heavy (non-hydrogen) atoms. The zero-order valence-corrected chi connectivity index (χ0v) is 23.5. The van der Waals surface area contributed by atoms with E-state index in [-0.39, 0.29) is 23.0 Å². The van der Waals surface area contributed by atoms with Crippen molar-refractivity contribution in [3.05, 3.63) is 46.2 Å². The number of carbonyl (C=O) groups excluding carboxylic acids is 2. The summed E-state index contributed by atoms with van der Waals surface area (Å²) in [6.45, 7) is 4.99. The molecular weight excluding hydrogens is 540 g/mol.